The molecule has 1 fully saturated rings. The first-order valence-corrected chi connectivity index (χ1v) is 7.99. The minimum absolute atomic E-state index is 0.00599. The molecule has 1 saturated heterocycles. The lowest BCUT2D eigenvalue weighted by Gasteiger charge is -2.33. The summed E-state index contributed by atoms with van der Waals surface area (Å²) in [7, 11) is 0. The van der Waals surface area contributed by atoms with Gasteiger partial charge in [0.25, 0.3) is 5.91 Å². The predicted octanol–water partition coefficient (Wildman–Crippen LogP) is 1.63. The Labute approximate surface area is 139 Å². The van der Waals surface area contributed by atoms with Crippen LogP contribution in [0, 0.1) is 0 Å². The Balaban J connectivity index is 1.70. The van der Waals surface area contributed by atoms with Crippen LogP contribution in [0.1, 0.15) is 23.0 Å². The van der Waals surface area contributed by atoms with Crippen LogP contribution in [0.25, 0.3) is 0 Å². The van der Waals surface area contributed by atoms with Gasteiger partial charge in [0.1, 0.15) is 6.61 Å². The second kappa shape index (κ2) is 5.79. The van der Waals surface area contributed by atoms with E-state index in [4.69, 9.17) is 9.47 Å². The summed E-state index contributed by atoms with van der Waals surface area (Å²) in [6, 6.07) is 11.0. The molecule has 4 rings (SSSR count). The first-order chi connectivity index (χ1) is 11.6. The summed E-state index contributed by atoms with van der Waals surface area (Å²) in [6.45, 7) is 3.21. The van der Waals surface area contributed by atoms with E-state index in [2.05, 4.69) is 0 Å². The third-order valence-electron chi connectivity index (χ3n) is 4.46. The van der Waals surface area contributed by atoms with E-state index in [0.29, 0.717) is 18.8 Å². The van der Waals surface area contributed by atoms with E-state index in [1.807, 2.05) is 37.3 Å². The lowest BCUT2D eigenvalue weighted by molar-refractivity contribution is 0.00613. The lowest BCUT2D eigenvalue weighted by Crippen LogP contribution is -2.48. The van der Waals surface area contributed by atoms with Crippen LogP contribution < -0.4 is 10.2 Å². The fourth-order valence-corrected chi connectivity index (χ4v) is 3.25. The number of ether oxygens (including phenoxy) is 2. The molecule has 0 bridgehead atoms. The highest BCUT2D eigenvalue weighted by Gasteiger charge is 2.42. The Bertz CT molecular complexity index is 831. The summed E-state index contributed by atoms with van der Waals surface area (Å²) < 4.78 is 13.2. The zero-order valence-corrected chi connectivity index (χ0v) is 13.3. The SMILES string of the molecule is C[C@H]1CO[C@@H]2Cn3ccc(=O)c(OCc4ccccc4)c3C(=O)N12. The fraction of sp³-hybridized carbons (Fsp3) is 0.333. The van der Waals surface area contributed by atoms with E-state index < -0.39 is 0 Å². The van der Waals surface area contributed by atoms with E-state index in [-0.39, 0.29) is 36.0 Å². The van der Waals surface area contributed by atoms with Gasteiger partial charge >= 0.3 is 0 Å². The molecule has 0 radical (unpaired) electrons. The molecule has 6 heteroatoms. The fourth-order valence-electron chi connectivity index (χ4n) is 3.25. The van der Waals surface area contributed by atoms with Crippen molar-refractivity contribution in [3.63, 3.8) is 0 Å². The van der Waals surface area contributed by atoms with E-state index in [1.54, 1.807) is 15.7 Å². The first-order valence-electron chi connectivity index (χ1n) is 7.99. The van der Waals surface area contributed by atoms with Gasteiger partial charge < -0.3 is 18.9 Å². The number of nitrogens with zero attached hydrogens (tertiary/aromatic N) is 2. The predicted molar refractivity (Wildman–Crippen MR) is 86.8 cm³/mol. The minimum atomic E-state index is -0.281. The molecular formula is C18H18N2O4. The highest BCUT2D eigenvalue weighted by atomic mass is 16.5. The Hall–Kier alpha value is -2.60. The van der Waals surface area contributed by atoms with Gasteiger partial charge in [-0.2, -0.15) is 0 Å². The number of rotatable bonds is 3. The zero-order valence-electron chi connectivity index (χ0n) is 13.3. The molecule has 0 aliphatic carbocycles. The van der Waals surface area contributed by atoms with Crippen molar-refractivity contribution in [1.29, 1.82) is 0 Å². The van der Waals surface area contributed by atoms with Crippen LogP contribution in [0.2, 0.25) is 0 Å². The molecule has 3 heterocycles. The van der Waals surface area contributed by atoms with E-state index >= 15 is 0 Å². The van der Waals surface area contributed by atoms with Crippen molar-refractivity contribution >= 4 is 5.91 Å². The highest BCUT2D eigenvalue weighted by Crippen LogP contribution is 2.29. The lowest BCUT2D eigenvalue weighted by atomic mass is 10.1. The molecule has 0 N–H and O–H groups in total. The number of aromatic nitrogens is 1. The van der Waals surface area contributed by atoms with Crippen molar-refractivity contribution in [2.24, 2.45) is 0 Å². The number of benzene rings is 1. The maximum atomic E-state index is 12.9. The van der Waals surface area contributed by atoms with Gasteiger partial charge in [0, 0.05) is 12.3 Å². The van der Waals surface area contributed by atoms with Crippen molar-refractivity contribution < 1.29 is 14.3 Å². The molecule has 24 heavy (non-hydrogen) atoms. The normalized spacial score (nSPS) is 22.2. The molecule has 0 saturated carbocycles. The van der Waals surface area contributed by atoms with Crippen molar-refractivity contribution in [3.8, 4) is 5.75 Å². The maximum absolute atomic E-state index is 12.9. The number of fused-ring (bicyclic) bond motifs is 2. The molecule has 2 atom stereocenters. The molecule has 1 aromatic heterocycles. The average Bonchev–Trinajstić information content (AvgIpc) is 2.96. The first kappa shape index (κ1) is 15.0. The Morgan fingerprint density at radius 3 is 2.79 bits per heavy atom. The van der Waals surface area contributed by atoms with Gasteiger partial charge in [0.2, 0.25) is 5.43 Å². The maximum Gasteiger partial charge on any atom is 0.276 e. The summed E-state index contributed by atoms with van der Waals surface area (Å²) in [4.78, 5) is 26.9. The minimum Gasteiger partial charge on any atom is -0.483 e. The van der Waals surface area contributed by atoms with Gasteiger partial charge in [-0.15, -0.1) is 0 Å². The van der Waals surface area contributed by atoms with E-state index in [9.17, 15) is 9.59 Å². The van der Waals surface area contributed by atoms with Gasteiger partial charge in [-0.05, 0) is 12.5 Å². The zero-order chi connectivity index (χ0) is 16.7. The number of hydrogen-bond donors (Lipinski definition) is 0. The van der Waals surface area contributed by atoms with Gasteiger partial charge in [-0.1, -0.05) is 30.3 Å². The molecule has 1 amide bonds. The number of amides is 1. The molecule has 0 unspecified atom stereocenters. The Morgan fingerprint density at radius 1 is 1.21 bits per heavy atom. The largest absolute Gasteiger partial charge is 0.483 e. The summed E-state index contributed by atoms with van der Waals surface area (Å²) in [5.41, 5.74) is 0.974. The number of carbonyl (C=O) groups is 1. The number of pyridine rings is 1. The van der Waals surface area contributed by atoms with Gasteiger partial charge in [-0.25, -0.2) is 0 Å². The van der Waals surface area contributed by atoms with Crippen molar-refractivity contribution in [2.45, 2.75) is 32.3 Å². The van der Waals surface area contributed by atoms with Crippen LogP contribution in [-0.2, 0) is 17.9 Å². The highest BCUT2D eigenvalue weighted by molar-refractivity contribution is 5.96. The standard InChI is InChI=1S/C18H18N2O4/c1-12-10-23-15-9-19-8-7-14(21)17(16(19)18(22)20(12)15)24-11-13-5-3-2-4-6-13/h2-8,12,15H,9-11H2,1H3/t12-,15+/m0/s1. The van der Waals surface area contributed by atoms with Crippen molar-refractivity contribution in [3.05, 3.63) is 64.1 Å². The van der Waals surface area contributed by atoms with Crippen LogP contribution in [-0.4, -0.2) is 34.3 Å². The van der Waals surface area contributed by atoms with Crippen LogP contribution in [0.5, 0.6) is 5.75 Å². The van der Waals surface area contributed by atoms with Crippen LogP contribution >= 0.6 is 0 Å². The van der Waals surface area contributed by atoms with Crippen LogP contribution in [0.4, 0.5) is 0 Å². The Kier molecular flexibility index (Phi) is 3.61. The molecule has 124 valence electrons. The van der Waals surface area contributed by atoms with Gasteiger partial charge in [0.05, 0.1) is 19.2 Å². The summed E-state index contributed by atoms with van der Waals surface area (Å²) >= 11 is 0. The number of hydrogen-bond acceptors (Lipinski definition) is 4. The third kappa shape index (κ3) is 2.39. The van der Waals surface area contributed by atoms with E-state index in [1.165, 1.54) is 6.07 Å². The van der Waals surface area contributed by atoms with Crippen LogP contribution in [0.15, 0.2) is 47.4 Å². The average molecular weight is 326 g/mol. The van der Waals surface area contributed by atoms with Crippen molar-refractivity contribution in [1.82, 2.24) is 9.47 Å². The third-order valence-corrected chi connectivity index (χ3v) is 4.46. The molecule has 2 aromatic rings. The molecule has 2 aliphatic heterocycles. The molecule has 0 spiro atoms. The topological polar surface area (TPSA) is 60.8 Å². The summed E-state index contributed by atoms with van der Waals surface area (Å²) in [6.07, 6.45) is 1.36. The quantitative estimate of drug-likeness (QED) is 0.860. The van der Waals surface area contributed by atoms with Crippen molar-refractivity contribution in [2.75, 3.05) is 6.61 Å². The van der Waals surface area contributed by atoms with E-state index in [0.717, 1.165) is 5.56 Å². The van der Waals surface area contributed by atoms with Gasteiger partial charge in [-0.3, -0.25) is 9.59 Å². The molecule has 2 aliphatic rings. The molecule has 1 aromatic carbocycles. The van der Waals surface area contributed by atoms with Crippen LogP contribution in [0.3, 0.4) is 0 Å². The van der Waals surface area contributed by atoms with Gasteiger partial charge in [0.15, 0.2) is 17.7 Å². The summed E-state index contributed by atoms with van der Waals surface area (Å²) in [5.74, 6) is -0.0964. The smallest absolute Gasteiger partial charge is 0.276 e. The molecular weight excluding hydrogens is 308 g/mol. The summed E-state index contributed by atoms with van der Waals surface area (Å²) in [5, 5.41) is 0. The second-order valence-electron chi connectivity index (χ2n) is 6.13. The molecule has 6 nitrogen and oxygen atoms in total. The number of carbonyl (C=O) groups excluding carboxylic acids is 1. The Morgan fingerprint density at radius 2 is 2.00 bits per heavy atom. The second-order valence-corrected chi connectivity index (χ2v) is 6.13. The monoisotopic (exact) mass is 326 g/mol.